The number of sulfone groups is 1. The number of nitrogens with two attached hydrogens (primary N) is 2. The summed E-state index contributed by atoms with van der Waals surface area (Å²) in [6, 6.07) is 4.89. The molecule has 0 atom stereocenters. The molecule has 98 valence electrons. The third-order valence-electron chi connectivity index (χ3n) is 2.97. The Morgan fingerprint density at radius 3 is 2.39 bits per heavy atom. The van der Waals surface area contributed by atoms with Crippen LogP contribution in [0.15, 0.2) is 18.2 Å². The summed E-state index contributed by atoms with van der Waals surface area (Å²) in [6.07, 6.45) is 0. The van der Waals surface area contributed by atoms with E-state index in [1.165, 1.54) is 6.07 Å². The zero-order chi connectivity index (χ0) is 13.3. The van der Waals surface area contributed by atoms with Gasteiger partial charge in [-0.15, -0.1) is 0 Å². The Morgan fingerprint density at radius 1 is 1.22 bits per heavy atom. The van der Waals surface area contributed by atoms with E-state index in [1.54, 1.807) is 12.1 Å². The normalized spacial score (nSPS) is 18.6. The lowest BCUT2D eigenvalue weighted by Gasteiger charge is -2.30. The van der Waals surface area contributed by atoms with Gasteiger partial charge in [-0.25, -0.2) is 8.42 Å². The van der Waals surface area contributed by atoms with Gasteiger partial charge >= 0.3 is 0 Å². The Bertz CT molecular complexity index is 569. The highest BCUT2D eigenvalue weighted by Crippen LogP contribution is 2.24. The first-order valence-electron chi connectivity index (χ1n) is 5.54. The molecule has 18 heavy (non-hydrogen) atoms. The van der Waals surface area contributed by atoms with Crippen LogP contribution in [0.1, 0.15) is 10.4 Å². The Kier molecular flexibility index (Phi) is 3.16. The minimum Gasteiger partial charge on any atom is -0.399 e. The monoisotopic (exact) mass is 269 g/mol. The van der Waals surface area contributed by atoms with Gasteiger partial charge in [0.15, 0.2) is 9.84 Å². The highest BCUT2D eigenvalue weighted by atomic mass is 32.2. The van der Waals surface area contributed by atoms with Crippen molar-refractivity contribution < 1.29 is 13.2 Å². The van der Waals surface area contributed by atoms with Crippen molar-refractivity contribution in [3.05, 3.63) is 23.8 Å². The molecule has 4 N–H and O–H groups in total. The van der Waals surface area contributed by atoms with Crippen LogP contribution in [0.4, 0.5) is 11.4 Å². The maximum Gasteiger partial charge on any atom is 0.250 e. The van der Waals surface area contributed by atoms with Crippen molar-refractivity contribution in [1.29, 1.82) is 0 Å². The molecule has 1 fully saturated rings. The van der Waals surface area contributed by atoms with Gasteiger partial charge in [0.25, 0.3) is 5.91 Å². The number of nitrogens with zero attached hydrogens (tertiary/aromatic N) is 1. The molecule has 6 nitrogen and oxygen atoms in total. The number of rotatable bonds is 2. The van der Waals surface area contributed by atoms with Gasteiger partial charge in [-0.3, -0.25) is 4.79 Å². The highest BCUT2D eigenvalue weighted by molar-refractivity contribution is 7.91. The molecular formula is C11H15N3O3S. The fourth-order valence-corrected chi connectivity index (χ4v) is 3.18. The van der Waals surface area contributed by atoms with Gasteiger partial charge in [0.2, 0.25) is 0 Å². The maximum absolute atomic E-state index is 11.4. The third-order valence-corrected chi connectivity index (χ3v) is 4.58. The van der Waals surface area contributed by atoms with Gasteiger partial charge in [0.05, 0.1) is 17.1 Å². The topological polar surface area (TPSA) is 106 Å². The number of carbonyl (C=O) groups is 1. The number of amides is 1. The quantitative estimate of drug-likeness (QED) is 0.711. The second-order valence-corrected chi connectivity index (χ2v) is 6.58. The van der Waals surface area contributed by atoms with Crippen LogP contribution in [0.25, 0.3) is 0 Å². The maximum atomic E-state index is 11.4. The molecule has 0 saturated carbocycles. The van der Waals surface area contributed by atoms with Gasteiger partial charge in [-0.05, 0) is 18.2 Å². The first kappa shape index (κ1) is 12.7. The predicted octanol–water partition coefficient (Wildman–Crippen LogP) is -0.398. The Labute approximate surface area is 105 Å². The van der Waals surface area contributed by atoms with Crippen LogP contribution in [-0.4, -0.2) is 38.9 Å². The third kappa shape index (κ3) is 2.56. The lowest BCUT2D eigenvalue weighted by Crippen LogP contribution is -2.41. The summed E-state index contributed by atoms with van der Waals surface area (Å²) < 4.78 is 22.7. The molecule has 0 aliphatic carbocycles. The zero-order valence-corrected chi connectivity index (χ0v) is 10.6. The predicted molar refractivity (Wildman–Crippen MR) is 70.2 cm³/mol. The van der Waals surface area contributed by atoms with Crippen molar-refractivity contribution in [1.82, 2.24) is 0 Å². The number of hydrogen-bond donors (Lipinski definition) is 2. The van der Waals surface area contributed by atoms with E-state index < -0.39 is 15.7 Å². The molecule has 0 unspecified atom stereocenters. The molecule has 0 bridgehead atoms. The van der Waals surface area contributed by atoms with Gasteiger partial charge in [0.1, 0.15) is 0 Å². The first-order chi connectivity index (χ1) is 8.39. The van der Waals surface area contributed by atoms with E-state index in [1.807, 2.05) is 4.90 Å². The van der Waals surface area contributed by atoms with E-state index in [0.29, 0.717) is 30.0 Å². The van der Waals surface area contributed by atoms with Crippen LogP contribution in [-0.2, 0) is 9.84 Å². The molecule has 1 amide bonds. The molecule has 1 aliphatic heterocycles. The second-order valence-electron chi connectivity index (χ2n) is 4.28. The largest absolute Gasteiger partial charge is 0.399 e. The van der Waals surface area contributed by atoms with Crippen LogP contribution in [0.5, 0.6) is 0 Å². The standard InChI is InChI=1S/C11H15N3O3S/c12-8-1-2-10(9(7-8)11(13)15)14-3-5-18(16,17)6-4-14/h1-2,7H,3-6,12H2,(H2,13,15). The lowest BCUT2D eigenvalue weighted by atomic mass is 10.1. The van der Waals surface area contributed by atoms with E-state index in [-0.39, 0.29) is 11.5 Å². The van der Waals surface area contributed by atoms with Crippen LogP contribution in [0.2, 0.25) is 0 Å². The van der Waals surface area contributed by atoms with Crippen LogP contribution in [0, 0.1) is 0 Å². The van der Waals surface area contributed by atoms with Crippen molar-refractivity contribution in [2.24, 2.45) is 5.73 Å². The van der Waals surface area contributed by atoms with Gasteiger partial charge in [-0.1, -0.05) is 0 Å². The van der Waals surface area contributed by atoms with E-state index in [9.17, 15) is 13.2 Å². The number of carbonyl (C=O) groups excluding carboxylic acids is 1. The SMILES string of the molecule is NC(=O)c1cc(N)ccc1N1CCS(=O)(=O)CC1. The summed E-state index contributed by atoms with van der Waals surface area (Å²) in [7, 11) is -2.95. The summed E-state index contributed by atoms with van der Waals surface area (Å²) in [5.41, 5.74) is 12.3. The number of primary amides is 1. The highest BCUT2D eigenvalue weighted by Gasteiger charge is 2.24. The summed E-state index contributed by atoms with van der Waals surface area (Å²) in [5.74, 6) is -0.378. The van der Waals surface area contributed by atoms with E-state index >= 15 is 0 Å². The average molecular weight is 269 g/mol. The number of anilines is 2. The summed E-state index contributed by atoms with van der Waals surface area (Å²) >= 11 is 0. The van der Waals surface area contributed by atoms with E-state index in [2.05, 4.69) is 0 Å². The Hall–Kier alpha value is -1.76. The lowest BCUT2D eigenvalue weighted by molar-refractivity contribution is 0.100. The molecule has 1 aliphatic rings. The summed E-state index contributed by atoms with van der Waals surface area (Å²) in [6.45, 7) is 0.735. The van der Waals surface area contributed by atoms with Gasteiger partial charge in [-0.2, -0.15) is 0 Å². The molecule has 7 heteroatoms. The molecule has 1 heterocycles. The molecule has 1 aromatic rings. The Morgan fingerprint density at radius 2 is 1.83 bits per heavy atom. The van der Waals surface area contributed by atoms with Crippen molar-refractivity contribution in [3.63, 3.8) is 0 Å². The fourth-order valence-electron chi connectivity index (χ4n) is 1.98. The van der Waals surface area contributed by atoms with E-state index in [4.69, 9.17) is 11.5 Å². The number of benzene rings is 1. The molecule has 0 radical (unpaired) electrons. The molecule has 0 spiro atoms. The molecule has 0 aromatic heterocycles. The van der Waals surface area contributed by atoms with Gasteiger partial charge < -0.3 is 16.4 Å². The van der Waals surface area contributed by atoms with E-state index in [0.717, 1.165) is 0 Å². The minimum absolute atomic E-state index is 0.0928. The van der Waals surface area contributed by atoms with Crippen molar-refractivity contribution in [3.8, 4) is 0 Å². The van der Waals surface area contributed by atoms with Gasteiger partial charge in [0, 0.05) is 24.5 Å². The Balaban J connectivity index is 2.32. The van der Waals surface area contributed by atoms with Crippen LogP contribution in [0.3, 0.4) is 0 Å². The second kappa shape index (κ2) is 4.49. The number of nitrogen functional groups attached to an aromatic ring is 1. The average Bonchev–Trinajstić information content (AvgIpc) is 2.29. The molecule has 1 aromatic carbocycles. The fraction of sp³-hybridized carbons (Fsp3) is 0.364. The summed E-state index contributed by atoms with van der Waals surface area (Å²) in [5, 5.41) is 0. The molecule has 2 rings (SSSR count). The van der Waals surface area contributed by atoms with Crippen molar-refractivity contribution in [2.75, 3.05) is 35.2 Å². The number of hydrogen-bond acceptors (Lipinski definition) is 5. The summed E-state index contributed by atoms with van der Waals surface area (Å²) in [4.78, 5) is 13.2. The molecule has 1 saturated heterocycles. The zero-order valence-electron chi connectivity index (χ0n) is 9.80. The smallest absolute Gasteiger partial charge is 0.250 e. The van der Waals surface area contributed by atoms with Crippen molar-refractivity contribution in [2.45, 2.75) is 0 Å². The molecular weight excluding hydrogens is 254 g/mol. The van der Waals surface area contributed by atoms with Crippen LogP contribution < -0.4 is 16.4 Å². The minimum atomic E-state index is -2.95. The first-order valence-corrected chi connectivity index (χ1v) is 7.36. The van der Waals surface area contributed by atoms with Crippen molar-refractivity contribution >= 4 is 27.1 Å². The van der Waals surface area contributed by atoms with Crippen LogP contribution >= 0.6 is 0 Å².